The van der Waals surface area contributed by atoms with E-state index >= 15 is 0 Å². The maximum atomic E-state index is 6.16. The zero-order chi connectivity index (χ0) is 16.5. The van der Waals surface area contributed by atoms with Gasteiger partial charge in [-0.15, -0.1) is 0 Å². The smallest absolute Gasteiger partial charge is 0.268 e. The Kier molecular flexibility index (Phi) is 6.32. The summed E-state index contributed by atoms with van der Waals surface area (Å²) in [5.74, 6) is 0.0526. The van der Waals surface area contributed by atoms with Crippen LogP contribution in [0.3, 0.4) is 0 Å². The molecule has 9 heteroatoms. The Bertz CT molecular complexity index is 725. The van der Waals surface area contributed by atoms with Crippen LogP contribution in [0.25, 0.3) is 0 Å². The second-order valence-corrected chi connectivity index (χ2v) is 9.40. The molecule has 0 amide bonds. The molecule has 0 radical (unpaired) electrons. The molecule has 1 unspecified atom stereocenters. The number of hydrogen-bond donors (Lipinski definition) is 0. The number of benzene rings is 2. The molecule has 0 heterocycles. The number of hydrogen-bond acceptors (Lipinski definition) is 3. The summed E-state index contributed by atoms with van der Waals surface area (Å²) in [6.07, 6.45) is 0. The molecule has 0 fully saturated rings. The van der Waals surface area contributed by atoms with Gasteiger partial charge in [0.1, 0.15) is 10.0 Å². The molecule has 22 heavy (non-hydrogen) atoms. The van der Waals surface area contributed by atoms with Crippen molar-refractivity contribution < 1.29 is 9.05 Å². The topological polar surface area (TPSA) is 18.5 Å². The van der Waals surface area contributed by atoms with E-state index in [1.54, 1.807) is 12.1 Å². The van der Waals surface area contributed by atoms with Gasteiger partial charge >= 0.3 is 0 Å². The molecule has 118 valence electrons. The van der Waals surface area contributed by atoms with E-state index in [2.05, 4.69) is 0 Å². The van der Waals surface area contributed by atoms with Gasteiger partial charge in [-0.25, -0.2) is 0 Å². The predicted octanol–water partition coefficient (Wildman–Crippen LogP) is 6.61. The number of rotatable bonds is 4. The maximum absolute atomic E-state index is 6.16. The van der Waals surface area contributed by atoms with Crippen molar-refractivity contribution in [2.45, 2.75) is 0 Å². The van der Waals surface area contributed by atoms with Gasteiger partial charge < -0.3 is 9.05 Å². The van der Waals surface area contributed by atoms with Crippen molar-refractivity contribution >= 4 is 81.6 Å². The van der Waals surface area contributed by atoms with Gasteiger partial charge in [0.05, 0.1) is 15.1 Å². The van der Waals surface area contributed by atoms with Gasteiger partial charge in [0.25, 0.3) is 6.49 Å². The van der Waals surface area contributed by atoms with Gasteiger partial charge in [-0.1, -0.05) is 76.2 Å². The fourth-order valence-electron chi connectivity index (χ4n) is 1.59. The minimum atomic E-state index is -2.88. The molecular weight excluding hydrogens is 428 g/mol. The molecular formula is C13H8Cl5O2PS. The van der Waals surface area contributed by atoms with Gasteiger partial charge in [-0.2, -0.15) is 0 Å². The summed E-state index contributed by atoms with van der Waals surface area (Å²) >= 11 is 35.8. The third-order valence-corrected chi connectivity index (χ3v) is 8.07. The third-order valence-electron chi connectivity index (χ3n) is 2.69. The van der Waals surface area contributed by atoms with E-state index in [0.717, 1.165) is 0 Å². The fourth-order valence-corrected chi connectivity index (χ4v) is 4.84. The first kappa shape index (κ1) is 18.6. The van der Waals surface area contributed by atoms with E-state index in [-0.39, 0.29) is 30.9 Å². The van der Waals surface area contributed by atoms with Crippen LogP contribution in [-0.4, -0.2) is 7.11 Å². The van der Waals surface area contributed by atoms with Crippen molar-refractivity contribution in [1.29, 1.82) is 0 Å². The second-order valence-electron chi connectivity index (χ2n) is 4.01. The lowest BCUT2D eigenvalue weighted by Crippen LogP contribution is -2.11. The average Bonchev–Trinajstić information content (AvgIpc) is 2.55. The molecule has 0 saturated carbocycles. The van der Waals surface area contributed by atoms with E-state index in [9.17, 15) is 0 Å². The lowest BCUT2D eigenvalue weighted by atomic mass is 10.3. The Balaban J connectivity index is 2.57. The summed E-state index contributed by atoms with van der Waals surface area (Å²) in [6.45, 7) is -2.88. The second kappa shape index (κ2) is 7.46. The third kappa shape index (κ3) is 3.53. The molecule has 0 spiro atoms. The summed E-state index contributed by atoms with van der Waals surface area (Å²) in [6, 6.07) is 9.10. The standard InChI is InChI=1S/C13H8Cl5O2PS/c1-19-21(22,7-5-3-2-4-6-7)20-13-11(17)9(15)8(14)10(16)12(13)18/h2-6H,1H3. The monoisotopic (exact) mass is 434 g/mol. The molecule has 0 aromatic heterocycles. The van der Waals surface area contributed by atoms with Gasteiger partial charge in [-0.3, -0.25) is 0 Å². The Morgan fingerprint density at radius 2 is 1.27 bits per heavy atom. The van der Waals surface area contributed by atoms with Crippen molar-refractivity contribution in [3.63, 3.8) is 0 Å². The van der Waals surface area contributed by atoms with Crippen LogP contribution in [0.5, 0.6) is 5.75 Å². The summed E-state index contributed by atoms with van der Waals surface area (Å²) in [5, 5.41) is 0.890. The van der Waals surface area contributed by atoms with Crippen LogP contribution in [0.2, 0.25) is 25.1 Å². The van der Waals surface area contributed by atoms with E-state index in [1.165, 1.54) is 7.11 Å². The highest BCUT2D eigenvalue weighted by Crippen LogP contribution is 2.55. The van der Waals surface area contributed by atoms with Gasteiger partial charge in [-0.05, 0) is 23.9 Å². The van der Waals surface area contributed by atoms with Crippen molar-refractivity contribution in [3.8, 4) is 5.75 Å². The molecule has 1 atom stereocenters. The average molecular weight is 437 g/mol. The Morgan fingerprint density at radius 1 is 0.818 bits per heavy atom. The minimum absolute atomic E-state index is 0.0308. The molecule has 2 nitrogen and oxygen atoms in total. The SMILES string of the molecule is COP(=S)(Oc1c(Cl)c(Cl)c(Cl)c(Cl)c1Cl)c1ccccc1. The van der Waals surface area contributed by atoms with Gasteiger partial charge in [0.15, 0.2) is 5.75 Å². The lowest BCUT2D eigenvalue weighted by molar-refractivity contribution is 0.402. The highest BCUT2D eigenvalue weighted by atomic mass is 35.5. The zero-order valence-corrected chi connectivity index (χ0v) is 16.4. The molecule has 0 saturated heterocycles. The van der Waals surface area contributed by atoms with Crippen LogP contribution in [-0.2, 0) is 16.3 Å². The van der Waals surface area contributed by atoms with Crippen LogP contribution in [0.4, 0.5) is 0 Å². The van der Waals surface area contributed by atoms with Gasteiger partial charge in [0.2, 0.25) is 0 Å². The van der Waals surface area contributed by atoms with Crippen LogP contribution >= 0.6 is 64.5 Å². The molecule has 0 bridgehead atoms. The molecule has 0 aliphatic carbocycles. The fraction of sp³-hybridized carbons (Fsp3) is 0.0769. The van der Waals surface area contributed by atoms with Crippen LogP contribution in [0.1, 0.15) is 0 Å². The highest BCUT2D eigenvalue weighted by molar-refractivity contribution is 8.13. The normalized spacial score (nSPS) is 13.7. The first-order valence-electron chi connectivity index (χ1n) is 5.74. The van der Waals surface area contributed by atoms with E-state index in [4.69, 9.17) is 78.9 Å². The van der Waals surface area contributed by atoms with Crippen molar-refractivity contribution in [2.75, 3.05) is 7.11 Å². The van der Waals surface area contributed by atoms with Gasteiger partial charge in [0, 0.05) is 12.4 Å². The lowest BCUT2D eigenvalue weighted by Gasteiger charge is -2.23. The van der Waals surface area contributed by atoms with Crippen LogP contribution < -0.4 is 9.83 Å². The van der Waals surface area contributed by atoms with Crippen LogP contribution in [0.15, 0.2) is 30.3 Å². The predicted molar refractivity (Wildman–Crippen MR) is 99.5 cm³/mol. The summed E-state index contributed by atoms with van der Waals surface area (Å²) in [5.41, 5.74) is 0. The zero-order valence-electron chi connectivity index (χ0n) is 10.9. The molecule has 2 aromatic carbocycles. The Hall–Kier alpha value is 0.300. The maximum Gasteiger partial charge on any atom is 0.268 e. The molecule has 0 aliphatic heterocycles. The van der Waals surface area contributed by atoms with E-state index < -0.39 is 6.49 Å². The van der Waals surface area contributed by atoms with Crippen molar-refractivity contribution in [3.05, 3.63) is 55.4 Å². The quantitative estimate of drug-likeness (QED) is 0.305. The molecule has 2 rings (SSSR count). The highest BCUT2D eigenvalue weighted by Gasteiger charge is 2.28. The Labute approximate surface area is 158 Å². The largest absolute Gasteiger partial charge is 0.437 e. The first-order chi connectivity index (χ1) is 10.3. The van der Waals surface area contributed by atoms with Crippen molar-refractivity contribution in [1.82, 2.24) is 0 Å². The molecule has 0 aliphatic rings. The summed E-state index contributed by atoms with van der Waals surface area (Å²) in [7, 11) is 1.45. The van der Waals surface area contributed by atoms with E-state index in [1.807, 2.05) is 18.2 Å². The Morgan fingerprint density at radius 3 is 1.73 bits per heavy atom. The number of halogens is 5. The van der Waals surface area contributed by atoms with Crippen molar-refractivity contribution in [2.24, 2.45) is 0 Å². The summed E-state index contributed by atoms with van der Waals surface area (Å²) in [4.78, 5) is 0. The molecule has 0 N–H and O–H groups in total. The van der Waals surface area contributed by atoms with E-state index in [0.29, 0.717) is 5.30 Å². The van der Waals surface area contributed by atoms with Crippen LogP contribution in [0, 0.1) is 0 Å². The first-order valence-corrected chi connectivity index (χ1v) is 10.3. The minimum Gasteiger partial charge on any atom is -0.437 e. The molecule has 2 aromatic rings. The summed E-state index contributed by atoms with van der Waals surface area (Å²) < 4.78 is 11.2.